The number of rotatable bonds is 7. The van der Waals surface area contributed by atoms with Gasteiger partial charge in [-0.3, -0.25) is 9.97 Å². The van der Waals surface area contributed by atoms with Crippen LogP contribution in [0.5, 0.6) is 0 Å². The van der Waals surface area contributed by atoms with E-state index in [1.807, 2.05) is 37.4 Å². The van der Waals surface area contributed by atoms with Crippen LogP contribution in [0.4, 0.5) is 11.8 Å². The third-order valence-electron chi connectivity index (χ3n) is 3.58. The van der Waals surface area contributed by atoms with Crippen molar-refractivity contribution in [1.29, 1.82) is 0 Å². The molecule has 3 aromatic heterocycles. The van der Waals surface area contributed by atoms with Gasteiger partial charge in [-0.1, -0.05) is 6.07 Å². The average Bonchev–Trinajstić information content (AvgIpc) is 2.66. The van der Waals surface area contributed by atoms with Gasteiger partial charge in [-0.15, -0.1) is 5.10 Å². The minimum Gasteiger partial charge on any atom is -0.358 e. The van der Waals surface area contributed by atoms with Gasteiger partial charge in [0.2, 0.25) is 5.95 Å². The number of anilines is 2. The molecule has 0 saturated carbocycles. The van der Waals surface area contributed by atoms with Gasteiger partial charge in [-0.25, -0.2) is 0 Å². The number of hydrogen-bond donors (Lipinski definition) is 1. The molecule has 7 nitrogen and oxygen atoms in total. The van der Waals surface area contributed by atoms with Crippen LogP contribution in [-0.4, -0.2) is 38.7 Å². The smallest absolute Gasteiger partial charge is 0.245 e. The van der Waals surface area contributed by atoms with E-state index in [4.69, 9.17) is 0 Å². The molecule has 1 N–H and O–H groups in total. The van der Waals surface area contributed by atoms with Crippen molar-refractivity contribution >= 4 is 11.8 Å². The first kappa shape index (κ1) is 15.8. The molecule has 122 valence electrons. The maximum Gasteiger partial charge on any atom is 0.245 e. The molecule has 0 amide bonds. The highest BCUT2D eigenvalue weighted by Crippen LogP contribution is 2.10. The summed E-state index contributed by atoms with van der Waals surface area (Å²) in [5.41, 5.74) is 2.17. The lowest BCUT2D eigenvalue weighted by Gasteiger charge is -2.18. The van der Waals surface area contributed by atoms with Crippen LogP contribution in [0.2, 0.25) is 0 Å². The summed E-state index contributed by atoms with van der Waals surface area (Å²) in [5, 5.41) is 11.2. The number of aromatic nitrogens is 5. The molecule has 0 saturated heterocycles. The molecule has 0 aliphatic rings. The van der Waals surface area contributed by atoms with E-state index in [0.29, 0.717) is 12.5 Å². The maximum absolute atomic E-state index is 4.50. The highest BCUT2D eigenvalue weighted by Gasteiger charge is 2.06. The Balaban J connectivity index is 1.57. The molecule has 0 radical (unpaired) electrons. The van der Waals surface area contributed by atoms with Crippen LogP contribution in [0.25, 0.3) is 0 Å². The Labute approximate surface area is 140 Å². The molecule has 3 heterocycles. The Morgan fingerprint density at radius 2 is 1.96 bits per heavy atom. The molecule has 3 aromatic rings. The second kappa shape index (κ2) is 7.96. The Kier molecular flexibility index (Phi) is 5.24. The van der Waals surface area contributed by atoms with Crippen LogP contribution in [-0.2, 0) is 13.0 Å². The minimum absolute atomic E-state index is 0.494. The van der Waals surface area contributed by atoms with E-state index in [9.17, 15) is 0 Å². The van der Waals surface area contributed by atoms with Gasteiger partial charge >= 0.3 is 0 Å². The van der Waals surface area contributed by atoms with Crippen LogP contribution in [0.15, 0.2) is 55.1 Å². The standard InChI is InChI=1S/C17H19N7/c1-24(11-7-14-5-9-18-10-6-14)16-13-21-23-17(22-16)20-12-15-4-2-3-8-19-15/h2-6,8-10,13H,7,11-12H2,1H3,(H,20,22,23). The molecule has 0 aliphatic heterocycles. The van der Waals surface area contributed by atoms with Crippen molar-refractivity contribution in [1.82, 2.24) is 25.1 Å². The van der Waals surface area contributed by atoms with Crippen molar-refractivity contribution in [3.63, 3.8) is 0 Å². The zero-order chi connectivity index (χ0) is 16.6. The fourth-order valence-electron chi connectivity index (χ4n) is 2.19. The monoisotopic (exact) mass is 321 g/mol. The van der Waals surface area contributed by atoms with Gasteiger partial charge in [0.25, 0.3) is 0 Å². The molecule has 24 heavy (non-hydrogen) atoms. The summed E-state index contributed by atoms with van der Waals surface area (Å²) in [6.45, 7) is 1.40. The van der Waals surface area contributed by atoms with Crippen LogP contribution in [0.1, 0.15) is 11.3 Å². The number of likely N-dealkylation sites (N-methyl/N-ethyl adjacent to an activating group) is 1. The Morgan fingerprint density at radius 3 is 2.75 bits per heavy atom. The lowest BCUT2D eigenvalue weighted by molar-refractivity contribution is 0.834. The quantitative estimate of drug-likeness (QED) is 0.712. The van der Waals surface area contributed by atoms with E-state index in [1.54, 1.807) is 24.8 Å². The summed E-state index contributed by atoms with van der Waals surface area (Å²) in [5.74, 6) is 1.27. The first-order valence-corrected chi connectivity index (χ1v) is 7.75. The van der Waals surface area contributed by atoms with Crippen molar-refractivity contribution in [2.45, 2.75) is 13.0 Å². The third kappa shape index (κ3) is 4.45. The van der Waals surface area contributed by atoms with Gasteiger partial charge in [-0.05, 0) is 36.2 Å². The Morgan fingerprint density at radius 1 is 1.08 bits per heavy atom. The summed E-state index contributed by atoms with van der Waals surface area (Å²) >= 11 is 0. The summed E-state index contributed by atoms with van der Waals surface area (Å²) in [4.78, 5) is 14.8. The van der Waals surface area contributed by atoms with Gasteiger partial charge in [0.15, 0.2) is 5.82 Å². The van der Waals surface area contributed by atoms with Crippen LogP contribution < -0.4 is 10.2 Å². The van der Waals surface area contributed by atoms with E-state index in [2.05, 4.69) is 35.4 Å². The number of pyridine rings is 2. The van der Waals surface area contributed by atoms with Crippen molar-refractivity contribution in [2.24, 2.45) is 0 Å². The number of nitrogens with zero attached hydrogens (tertiary/aromatic N) is 6. The van der Waals surface area contributed by atoms with Gasteiger partial charge in [-0.2, -0.15) is 10.1 Å². The van der Waals surface area contributed by atoms with Crippen molar-refractivity contribution in [3.8, 4) is 0 Å². The third-order valence-corrected chi connectivity index (χ3v) is 3.58. The second-order valence-electron chi connectivity index (χ2n) is 5.34. The van der Waals surface area contributed by atoms with E-state index < -0.39 is 0 Å². The fourth-order valence-corrected chi connectivity index (χ4v) is 2.19. The summed E-state index contributed by atoms with van der Waals surface area (Å²) in [6.07, 6.45) is 7.96. The van der Waals surface area contributed by atoms with Crippen molar-refractivity contribution < 1.29 is 0 Å². The highest BCUT2D eigenvalue weighted by molar-refractivity contribution is 5.39. The molecular weight excluding hydrogens is 302 g/mol. The topological polar surface area (TPSA) is 79.7 Å². The lowest BCUT2D eigenvalue weighted by atomic mass is 10.2. The molecule has 0 unspecified atom stereocenters. The number of nitrogens with one attached hydrogen (secondary N) is 1. The normalized spacial score (nSPS) is 10.4. The lowest BCUT2D eigenvalue weighted by Crippen LogP contribution is -2.22. The molecule has 0 fully saturated rings. The maximum atomic E-state index is 4.50. The minimum atomic E-state index is 0.494. The zero-order valence-electron chi connectivity index (χ0n) is 13.5. The van der Waals surface area contributed by atoms with Crippen LogP contribution in [0.3, 0.4) is 0 Å². The molecule has 0 spiro atoms. The van der Waals surface area contributed by atoms with Gasteiger partial charge in [0, 0.05) is 32.2 Å². The largest absolute Gasteiger partial charge is 0.358 e. The Bertz CT molecular complexity index is 749. The van der Waals surface area contributed by atoms with Crippen LogP contribution >= 0.6 is 0 Å². The molecule has 0 aromatic carbocycles. The van der Waals surface area contributed by atoms with Gasteiger partial charge < -0.3 is 10.2 Å². The highest BCUT2D eigenvalue weighted by atomic mass is 15.3. The predicted molar refractivity (Wildman–Crippen MR) is 92.6 cm³/mol. The summed E-state index contributed by atoms with van der Waals surface area (Å²) < 4.78 is 0. The molecule has 0 bridgehead atoms. The predicted octanol–water partition coefficient (Wildman–Crippen LogP) is 1.95. The molecule has 7 heteroatoms. The van der Waals surface area contributed by atoms with Crippen LogP contribution in [0, 0.1) is 0 Å². The number of hydrogen-bond acceptors (Lipinski definition) is 7. The molecule has 3 rings (SSSR count). The summed E-state index contributed by atoms with van der Waals surface area (Å²) in [7, 11) is 1.99. The average molecular weight is 321 g/mol. The zero-order valence-corrected chi connectivity index (χ0v) is 13.5. The van der Waals surface area contributed by atoms with E-state index in [-0.39, 0.29) is 0 Å². The fraction of sp³-hybridized carbons (Fsp3) is 0.235. The summed E-state index contributed by atoms with van der Waals surface area (Å²) in [6, 6.07) is 9.83. The van der Waals surface area contributed by atoms with Crippen molar-refractivity contribution in [2.75, 3.05) is 23.8 Å². The van der Waals surface area contributed by atoms with Gasteiger partial charge in [0.05, 0.1) is 18.4 Å². The first-order valence-electron chi connectivity index (χ1n) is 7.75. The SMILES string of the molecule is CN(CCc1ccncc1)c1cnnc(NCc2ccccn2)n1. The first-order chi connectivity index (χ1) is 11.8. The van der Waals surface area contributed by atoms with E-state index >= 15 is 0 Å². The molecular formula is C17H19N7. The molecule has 0 atom stereocenters. The molecule has 0 aliphatic carbocycles. The van der Waals surface area contributed by atoms with Gasteiger partial charge in [0.1, 0.15) is 0 Å². The Hall–Kier alpha value is -3.09. The van der Waals surface area contributed by atoms with E-state index in [1.165, 1.54) is 5.56 Å². The second-order valence-corrected chi connectivity index (χ2v) is 5.34. The van der Waals surface area contributed by atoms with Crippen molar-refractivity contribution in [3.05, 3.63) is 66.4 Å². The van der Waals surface area contributed by atoms with E-state index in [0.717, 1.165) is 24.5 Å².